The average Bonchev–Trinajstić information content (AvgIpc) is 2.71. The van der Waals surface area contributed by atoms with Gasteiger partial charge in [-0.25, -0.2) is 4.99 Å². The van der Waals surface area contributed by atoms with Crippen LogP contribution in [0.3, 0.4) is 0 Å². The monoisotopic (exact) mass is 178 g/mol. The minimum absolute atomic E-state index is 0.136. The predicted octanol–water partition coefficient (Wildman–Crippen LogP) is 0.375. The van der Waals surface area contributed by atoms with Crippen molar-refractivity contribution in [3.8, 4) is 0 Å². The first kappa shape index (κ1) is 6.30. The van der Waals surface area contributed by atoms with Gasteiger partial charge in [-0.1, -0.05) is 6.08 Å². The Balaban J connectivity index is 2.12. The van der Waals surface area contributed by atoms with Crippen LogP contribution in [0.4, 0.5) is 0 Å². The summed E-state index contributed by atoms with van der Waals surface area (Å²) in [4.78, 5) is 8.39. The molecule has 0 aromatic heterocycles. The van der Waals surface area contributed by atoms with Crippen molar-refractivity contribution in [3.63, 3.8) is 0 Å². The van der Waals surface area contributed by atoms with Gasteiger partial charge in [0.1, 0.15) is 12.4 Å². The van der Waals surface area contributed by atoms with Gasteiger partial charge in [0.2, 0.25) is 0 Å². The molecule has 0 amide bonds. The van der Waals surface area contributed by atoms with E-state index in [0.29, 0.717) is 0 Å². The molecule has 0 radical (unpaired) electrons. The van der Waals surface area contributed by atoms with E-state index in [4.69, 9.17) is 0 Å². The second-order valence-electron chi connectivity index (χ2n) is 2.68. The van der Waals surface area contributed by atoms with Gasteiger partial charge in [0.25, 0.3) is 0 Å². The lowest BCUT2D eigenvalue weighted by Gasteiger charge is -2.11. The second kappa shape index (κ2) is 2.13. The van der Waals surface area contributed by atoms with Gasteiger partial charge in [-0.2, -0.15) is 0 Å². The van der Waals surface area contributed by atoms with E-state index in [9.17, 15) is 0 Å². The summed E-state index contributed by atoms with van der Waals surface area (Å²) in [5.74, 6) is 0. The predicted molar refractivity (Wildman–Crippen MR) is 49.7 cm³/mol. The molecule has 12 heavy (non-hydrogen) atoms. The maximum Gasteiger partial charge on any atom is 0.114 e. The van der Waals surface area contributed by atoms with Crippen molar-refractivity contribution in [2.75, 3.05) is 0 Å². The van der Waals surface area contributed by atoms with Crippen molar-refractivity contribution in [2.24, 2.45) is 9.98 Å². The van der Waals surface area contributed by atoms with E-state index in [-0.39, 0.29) is 6.04 Å². The summed E-state index contributed by atoms with van der Waals surface area (Å²) in [6, 6.07) is 0.136. The smallest absolute Gasteiger partial charge is 0.114 e. The topological polar surface area (TPSA) is 48.8 Å². The lowest BCUT2D eigenvalue weighted by atomic mass is 10.0. The molecular formula is C7H6N4S. The average molecular weight is 178 g/mol. The van der Waals surface area contributed by atoms with Crippen molar-refractivity contribution in [1.82, 2.24) is 9.44 Å². The highest BCUT2D eigenvalue weighted by atomic mass is 32.2. The lowest BCUT2D eigenvalue weighted by molar-refractivity contribution is 1.06. The standard InChI is InChI=1S/C7H6N4S/c1-2-5-7(11-12-10-5)6-4(1)8-3-9-6/h1-4,10-11H. The van der Waals surface area contributed by atoms with E-state index in [1.807, 2.05) is 12.2 Å². The van der Waals surface area contributed by atoms with E-state index < -0.39 is 0 Å². The maximum absolute atomic E-state index is 4.20. The third-order valence-electron chi connectivity index (χ3n) is 1.99. The quantitative estimate of drug-likeness (QED) is 0.527. The van der Waals surface area contributed by atoms with Crippen LogP contribution >= 0.6 is 12.1 Å². The Kier molecular flexibility index (Phi) is 1.12. The Labute approximate surface area is 73.8 Å². The van der Waals surface area contributed by atoms with E-state index in [1.54, 1.807) is 6.34 Å². The summed E-state index contributed by atoms with van der Waals surface area (Å²) in [6.45, 7) is 0. The SMILES string of the molecule is C1=CC2N=CN=C2C2=C1NSN2. The highest BCUT2D eigenvalue weighted by Crippen LogP contribution is 2.24. The zero-order valence-electron chi connectivity index (χ0n) is 6.11. The molecule has 2 aliphatic heterocycles. The summed E-state index contributed by atoms with van der Waals surface area (Å²) in [5, 5.41) is 0. The van der Waals surface area contributed by atoms with Crippen LogP contribution in [0, 0.1) is 0 Å². The van der Waals surface area contributed by atoms with E-state index >= 15 is 0 Å². The van der Waals surface area contributed by atoms with Gasteiger partial charge in [0, 0.05) is 0 Å². The molecule has 0 bridgehead atoms. The molecule has 1 atom stereocenters. The number of nitrogens with one attached hydrogen (secondary N) is 2. The molecule has 0 saturated heterocycles. The summed E-state index contributed by atoms with van der Waals surface area (Å²) < 4.78 is 6.29. The van der Waals surface area contributed by atoms with Crippen molar-refractivity contribution in [3.05, 3.63) is 23.5 Å². The van der Waals surface area contributed by atoms with Crippen molar-refractivity contribution >= 4 is 24.2 Å². The minimum atomic E-state index is 0.136. The van der Waals surface area contributed by atoms with Gasteiger partial charge in [0.15, 0.2) is 0 Å². The fourth-order valence-corrected chi connectivity index (χ4v) is 2.05. The van der Waals surface area contributed by atoms with Crippen LogP contribution in [0.2, 0.25) is 0 Å². The Bertz CT molecular complexity index is 352. The second-order valence-corrected chi connectivity index (χ2v) is 3.29. The number of hydrogen-bond acceptors (Lipinski definition) is 5. The molecule has 4 nitrogen and oxygen atoms in total. The molecule has 2 heterocycles. The summed E-state index contributed by atoms with van der Waals surface area (Å²) >= 11 is 1.47. The third kappa shape index (κ3) is 0.687. The Morgan fingerprint density at radius 2 is 2.42 bits per heavy atom. The zero-order chi connectivity index (χ0) is 7.97. The van der Waals surface area contributed by atoms with E-state index in [0.717, 1.165) is 17.1 Å². The van der Waals surface area contributed by atoms with Crippen LogP contribution in [-0.4, -0.2) is 18.1 Å². The van der Waals surface area contributed by atoms with Gasteiger partial charge < -0.3 is 9.44 Å². The molecular weight excluding hydrogens is 172 g/mol. The molecule has 0 saturated carbocycles. The van der Waals surface area contributed by atoms with Crippen LogP contribution < -0.4 is 9.44 Å². The lowest BCUT2D eigenvalue weighted by Crippen LogP contribution is -2.23. The zero-order valence-corrected chi connectivity index (χ0v) is 6.93. The van der Waals surface area contributed by atoms with Crippen molar-refractivity contribution in [2.45, 2.75) is 6.04 Å². The van der Waals surface area contributed by atoms with Crippen LogP contribution in [0.1, 0.15) is 0 Å². The molecule has 0 aromatic carbocycles. The fraction of sp³-hybridized carbons (Fsp3) is 0.143. The van der Waals surface area contributed by atoms with Crippen LogP contribution in [0.15, 0.2) is 33.5 Å². The summed E-state index contributed by atoms with van der Waals surface area (Å²) in [5.41, 5.74) is 3.19. The largest absolute Gasteiger partial charge is 0.310 e. The molecule has 3 rings (SSSR count). The normalized spacial score (nSPS) is 29.3. The number of hydrogen-bond donors (Lipinski definition) is 2. The number of nitrogens with zero attached hydrogens (tertiary/aromatic N) is 2. The molecule has 1 aliphatic carbocycles. The highest BCUT2D eigenvalue weighted by molar-refractivity contribution is 7.96. The number of allylic oxidation sites excluding steroid dienone is 1. The van der Waals surface area contributed by atoms with Crippen molar-refractivity contribution < 1.29 is 0 Å². The van der Waals surface area contributed by atoms with E-state index in [2.05, 4.69) is 19.4 Å². The Morgan fingerprint density at radius 1 is 1.42 bits per heavy atom. The number of aliphatic imine (C=N–C) groups is 2. The molecule has 0 aromatic rings. The van der Waals surface area contributed by atoms with Gasteiger partial charge in [-0.15, -0.1) is 0 Å². The van der Waals surface area contributed by atoms with Crippen molar-refractivity contribution in [1.29, 1.82) is 0 Å². The summed E-state index contributed by atoms with van der Waals surface area (Å²) in [6.07, 6.45) is 5.70. The van der Waals surface area contributed by atoms with Gasteiger partial charge in [0.05, 0.1) is 29.2 Å². The summed E-state index contributed by atoms with van der Waals surface area (Å²) in [7, 11) is 0. The van der Waals surface area contributed by atoms with Gasteiger partial charge in [-0.05, 0) is 6.08 Å². The first-order valence-electron chi connectivity index (χ1n) is 3.65. The first-order valence-corrected chi connectivity index (χ1v) is 4.47. The minimum Gasteiger partial charge on any atom is -0.310 e. The fourth-order valence-electron chi connectivity index (χ4n) is 1.40. The maximum atomic E-state index is 4.20. The highest BCUT2D eigenvalue weighted by Gasteiger charge is 2.28. The Morgan fingerprint density at radius 3 is 3.42 bits per heavy atom. The van der Waals surface area contributed by atoms with Crippen LogP contribution in [-0.2, 0) is 0 Å². The van der Waals surface area contributed by atoms with Gasteiger partial charge >= 0.3 is 0 Å². The molecule has 2 N–H and O–H groups in total. The molecule has 3 aliphatic rings. The van der Waals surface area contributed by atoms with Crippen LogP contribution in [0.25, 0.3) is 0 Å². The molecule has 0 spiro atoms. The molecule has 1 unspecified atom stereocenters. The van der Waals surface area contributed by atoms with Crippen LogP contribution in [0.5, 0.6) is 0 Å². The number of fused-ring (bicyclic) bond motifs is 2. The Hall–Kier alpha value is -1.23. The first-order chi connectivity index (χ1) is 5.95. The van der Waals surface area contributed by atoms with Gasteiger partial charge in [-0.3, -0.25) is 4.99 Å². The molecule has 0 fully saturated rings. The molecule has 5 heteroatoms. The van der Waals surface area contributed by atoms with E-state index in [1.165, 1.54) is 12.1 Å². The molecule has 60 valence electrons. The number of rotatable bonds is 0. The third-order valence-corrected chi connectivity index (χ3v) is 2.62.